The van der Waals surface area contributed by atoms with Gasteiger partial charge in [0.05, 0.1) is 25.3 Å². The third-order valence-corrected chi connectivity index (χ3v) is 4.64. The summed E-state index contributed by atoms with van der Waals surface area (Å²) < 4.78 is 5.49. The van der Waals surface area contributed by atoms with Crippen molar-refractivity contribution in [2.24, 2.45) is 11.8 Å². The maximum atomic E-state index is 12.5. The molecule has 3 unspecified atom stereocenters. The molecule has 19 heavy (non-hydrogen) atoms. The third kappa shape index (κ3) is 3.69. The average Bonchev–Trinajstić information content (AvgIpc) is 2.39. The molecule has 2 rings (SSSR count). The molecule has 1 amide bonds. The van der Waals surface area contributed by atoms with E-state index in [-0.39, 0.29) is 12.1 Å². The molecule has 0 radical (unpaired) electrons. The minimum atomic E-state index is 0.219. The second-order valence-electron chi connectivity index (χ2n) is 6.31. The number of rotatable bonds is 3. The number of carbonyl (C=O) groups is 1. The molecule has 3 atom stereocenters. The van der Waals surface area contributed by atoms with Crippen LogP contribution < -0.4 is 5.32 Å². The van der Waals surface area contributed by atoms with Crippen LogP contribution in [0, 0.1) is 11.8 Å². The maximum absolute atomic E-state index is 12.5. The minimum absolute atomic E-state index is 0.219. The van der Waals surface area contributed by atoms with E-state index in [1.807, 2.05) is 4.90 Å². The highest BCUT2D eigenvalue weighted by Gasteiger charge is 2.31. The highest BCUT2D eigenvalue weighted by Crippen LogP contribution is 2.26. The van der Waals surface area contributed by atoms with E-state index < -0.39 is 0 Å². The molecule has 4 heteroatoms. The summed E-state index contributed by atoms with van der Waals surface area (Å²) in [6.07, 6.45) is 3.12. The van der Waals surface area contributed by atoms with Crippen LogP contribution in [0.2, 0.25) is 0 Å². The van der Waals surface area contributed by atoms with Crippen LogP contribution >= 0.6 is 0 Å². The van der Waals surface area contributed by atoms with Crippen molar-refractivity contribution in [2.45, 2.75) is 52.1 Å². The van der Waals surface area contributed by atoms with Crippen molar-refractivity contribution < 1.29 is 9.53 Å². The summed E-state index contributed by atoms with van der Waals surface area (Å²) in [5.74, 6) is 1.52. The first-order valence-electron chi connectivity index (χ1n) is 7.69. The van der Waals surface area contributed by atoms with Gasteiger partial charge in [-0.05, 0) is 51.6 Å². The van der Waals surface area contributed by atoms with Crippen molar-refractivity contribution in [3.8, 4) is 0 Å². The Bertz CT molecular complexity index is 293. The highest BCUT2D eigenvalue weighted by molar-refractivity contribution is 5.77. The van der Waals surface area contributed by atoms with Gasteiger partial charge in [-0.3, -0.25) is 4.79 Å². The van der Waals surface area contributed by atoms with E-state index in [1.54, 1.807) is 0 Å². The normalized spacial score (nSPS) is 31.2. The molecule has 2 aliphatic heterocycles. The Kier molecular flexibility index (Phi) is 5.22. The summed E-state index contributed by atoms with van der Waals surface area (Å²) >= 11 is 0. The Labute approximate surface area is 116 Å². The highest BCUT2D eigenvalue weighted by atomic mass is 16.5. The number of nitrogens with one attached hydrogen (secondary N) is 1. The van der Waals surface area contributed by atoms with E-state index in [9.17, 15) is 4.79 Å². The minimum Gasteiger partial charge on any atom is -0.377 e. The number of hydrogen-bond acceptors (Lipinski definition) is 3. The molecular formula is C15H28N2O2. The first-order valence-corrected chi connectivity index (χ1v) is 7.69. The van der Waals surface area contributed by atoms with Gasteiger partial charge in [0.1, 0.15) is 0 Å². The van der Waals surface area contributed by atoms with Crippen molar-refractivity contribution in [3.63, 3.8) is 0 Å². The lowest BCUT2D eigenvalue weighted by Gasteiger charge is -2.40. The second-order valence-corrected chi connectivity index (χ2v) is 6.31. The predicted molar refractivity (Wildman–Crippen MR) is 76.0 cm³/mol. The number of piperidine rings is 1. The monoisotopic (exact) mass is 268 g/mol. The predicted octanol–water partition coefficient (Wildman–Crippen LogP) is 1.65. The molecule has 0 aromatic heterocycles. The smallest absolute Gasteiger partial charge is 0.223 e. The van der Waals surface area contributed by atoms with Crippen LogP contribution in [0.4, 0.5) is 0 Å². The number of nitrogens with zero attached hydrogens (tertiary/aromatic N) is 1. The quantitative estimate of drug-likeness (QED) is 0.846. The molecule has 2 fully saturated rings. The van der Waals surface area contributed by atoms with Gasteiger partial charge < -0.3 is 15.0 Å². The third-order valence-electron chi connectivity index (χ3n) is 4.64. The lowest BCUT2D eigenvalue weighted by Crippen LogP contribution is -2.53. The number of hydrogen-bond donors (Lipinski definition) is 1. The van der Waals surface area contributed by atoms with E-state index in [2.05, 4.69) is 26.1 Å². The van der Waals surface area contributed by atoms with E-state index in [0.29, 0.717) is 37.4 Å². The first-order chi connectivity index (χ1) is 9.09. The fourth-order valence-corrected chi connectivity index (χ4v) is 3.46. The lowest BCUT2D eigenvalue weighted by atomic mass is 9.83. The zero-order valence-electron chi connectivity index (χ0n) is 12.5. The molecule has 0 saturated carbocycles. The number of amides is 1. The van der Waals surface area contributed by atoms with E-state index in [4.69, 9.17) is 4.74 Å². The molecule has 2 saturated heterocycles. The van der Waals surface area contributed by atoms with Crippen LogP contribution in [0.5, 0.6) is 0 Å². The SMILES string of the molecule is CC(CC(=O)N1C(C)COCC1C)C1CCNCC1. The molecule has 0 bridgehead atoms. The molecular weight excluding hydrogens is 240 g/mol. The van der Waals surface area contributed by atoms with Crippen molar-refractivity contribution in [1.82, 2.24) is 10.2 Å². The van der Waals surface area contributed by atoms with Gasteiger partial charge >= 0.3 is 0 Å². The van der Waals surface area contributed by atoms with Gasteiger partial charge in [0, 0.05) is 6.42 Å². The molecule has 1 N–H and O–H groups in total. The van der Waals surface area contributed by atoms with E-state index in [1.165, 1.54) is 12.8 Å². The molecule has 0 aromatic rings. The molecule has 110 valence electrons. The van der Waals surface area contributed by atoms with Gasteiger partial charge in [-0.25, -0.2) is 0 Å². The zero-order valence-corrected chi connectivity index (χ0v) is 12.5. The van der Waals surface area contributed by atoms with Gasteiger partial charge in [-0.2, -0.15) is 0 Å². The molecule has 0 spiro atoms. The summed E-state index contributed by atoms with van der Waals surface area (Å²) in [4.78, 5) is 14.6. The van der Waals surface area contributed by atoms with Crippen LogP contribution in [0.15, 0.2) is 0 Å². The van der Waals surface area contributed by atoms with E-state index in [0.717, 1.165) is 13.1 Å². The maximum Gasteiger partial charge on any atom is 0.223 e. The van der Waals surface area contributed by atoms with Gasteiger partial charge in [-0.15, -0.1) is 0 Å². The Morgan fingerprint density at radius 3 is 2.42 bits per heavy atom. The molecule has 4 nitrogen and oxygen atoms in total. The topological polar surface area (TPSA) is 41.6 Å². The Morgan fingerprint density at radius 2 is 1.84 bits per heavy atom. The van der Waals surface area contributed by atoms with Gasteiger partial charge in [0.25, 0.3) is 0 Å². The summed E-state index contributed by atoms with van der Waals surface area (Å²) in [5, 5.41) is 3.39. The van der Waals surface area contributed by atoms with Gasteiger partial charge in [0.15, 0.2) is 0 Å². The van der Waals surface area contributed by atoms with Crippen molar-refractivity contribution >= 4 is 5.91 Å². The van der Waals surface area contributed by atoms with Crippen LogP contribution in [-0.4, -0.2) is 49.2 Å². The molecule has 2 aliphatic rings. The van der Waals surface area contributed by atoms with Crippen LogP contribution in [0.1, 0.15) is 40.0 Å². The van der Waals surface area contributed by atoms with E-state index >= 15 is 0 Å². The largest absolute Gasteiger partial charge is 0.377 e. The van der Waals surface area contributed by atoms with Gasteiger partial charge in [0.2, 0.25) is 5.91 Å². The zero-order chi connectivity index (χ0) is 13.8. The van der Waals surface area contributed by atoms with Crippen LogP contribution in [0.25, 0.3) is 0 Å². The Morgan fingerprint density at radius 1 is 1.26 bits per heavy atom. The standard InChI is InChI=1S/C15H28N2O2/c1-11(14-4-6-16-7-5-14)8-15(18)17-12(2)9-19-10-13(17)3/h11-14,16H,4-10H2,1-3H3. The lowest BCUT2D eigenvalue weighted by molar-refractivity contribution is -0.145. The number of ether oxygens (including phenoxy) is 1. The average molecular weight is 268 g/mol. The number of carbonyl (C=O) groups excluding carboxylic acids is 1. The summed E-state index contributed by atoms with van der Waals surface area (Å²) in [6.45, 7) is 9.98. The summed E-state index contributed by atoms with van der Waals surface area (Å²) in [7, 11) is 0. The van der Waals surface area contributed by atoms with Crippen LogP contribution in [0.3, 0.4) is 0 Å². The van der Waals surface area contributed by atoms with Crippen molar-refractivity contribution in [1.29, 1.82) is 0 Å². The molecule has 0 aliphatic carbocycles. The Hall–Kier alpha value is -0.610. The molecule has 2 heterocycles. The summed E-state index contributed by atoms with van der Waals surface area (Å²) in [5.41, 5.74) is 0. The number of morpholine rings is 1. The van der Waals surface area contributed by atoms with Gasteiger partial charge in [-0.1, -0.05) is 6.92 Å². The Balaban J connectivity index is 1.88. The first kappa shape index (κ1) is 14.8. The van der Waals surface area contributed by atoms with Crippen LogP contribution in [-0.2, 0) is 9.53 Å². The fourth-order valence-electron chi connectivity index (χ4n) is 3.46. The summed E-state index contributed by atoms with van der Waals surface area (Å²) in [6, 6.07) is 0.438. The fraction of sp³-hybridized carbons (Fsp3) is 0.933. The second kappa shape index (κ2) is 6.71. The molecule has 0 aromatic carbocycles. The van der Waals surface area contributed by atoms with Crippen molar-refractivity contribution in [2.75, 3.05) is 26.3 Å². The van der Waals surface area contributed by atoms with Crippen molar-refractivity contribution in [3.05, 3.63) is 0 Å².